The Labute approximate surface area is 119 Å². The van der Waals surface area contributed by atoms with E-state index in [4.69, 9.17) is 9.26 Å². The Kier molecular flexibility index (Phi) is 4.74. The van der Waals surface area contributed by atoms with Crippen LogP contribution in [-0.2, 0) is 6.42 Å². The fourth-order valence-corrected chi connectivity index (χ4v) is 1.83. The molecule has 2 rings (SSSR count). The highest BCUT2D eigenvalue weighted by molar-refractivity contribution is 5.27. The van der Waals surface area contributed by atoms with E-state index in [2.05, 4.69) is 22.4 Å². The lowest BCUT2D eigenvalue weighted by Crippen LogP contribution is -2.24. The molecule has 1 aromatic heterocycles. The van der Waals surface area contributed by atoms with E-state index in [-0.39, 0.29) is 6.10 Å². The predicted octanol–water partition coefficient (Wildman–Crippen LogP) is 2.67. The van der Waals surface area contributed by atoms with Gasteiger partial charge in [-0.25, -0.2) is 0 Å². The first-order chi connectivity index (χ1) is 9.58. The van der Waals surface area contributed by atoms with E-state index in [1.807, 2.05) is 45.2 Å². The van der Waals surface area contributed by atoms with Crippen LogP contribution in [0.1, 0.15) is 37.2 Å². The Hall–Kier alpha value is -1.88. The fourth-order valence-electron chi connectivity index (χ4n) is 1.83. The van der Waals surface area contributed by atoms with Gasteiger partial charge in [0.05, 0.1) is 0 Å². The van der Waals surface area contributed by atoms with E-state index in [0.29, 0.717) is 17.8 Å². The number of benzene rings is 1. The molecule has 0 aliphatic heterocycles. The van der Waals surface area contributed by atoms with Crippen LogP contribution in [-0.4, -0.2) is 23.2 Å². The third-order valence-corrected chi connectivity index (χ3v) is 3.12. The summed E-state index contributed by atoms with van der Waals surface area (Å²) in [5.74, 6) is 2.01. The lowest BCUT2D eigenvalue weighted by Gasteiger charge is -2.11. The van der Waals surface area contributed by atoms with Gasteiger partial charge in [0.15, 0.2) is 11.9 Å². The summed E-state index contributed by atoms with van der Waals surface area (Å²) < 4.78 is 11.1. The minimum absolute atomic E-state index is 0.261. The quantitative estimate of drug-likeness (QED) is 0.878. The topological polar surface area (TPSA) is 60.2 Å². The van der Waals surface area contributed by atoms with Gasteiger partial charge in [-0.1, -0.05) is 17.3 Å². The SMILES string of the molecule is CNC(C)Cc1noc(C(C)Oc2cccc(C)c2)n1. The standard InChI is InChI=1S/C15H21N3O2/c1-10-6-5-7-13(8-10)19-12(3)15-17-14(18-20-15)9-11(2)16-4/h5-8,11-12,16H,9H2,1-4H3. The maximum Gasteiger partial charge on any atom is 0.267 e. The van der Waals surface area contributed by atoms with Crippen LogP contribution < -0.4 is 10.1 Å². The lowest BCUT2D eigenvalue weighted by atomic mass is 10.2. The van der Waals surface area contributed by atoms with E-state index >= 15 is 0 Å². The number of aromatic nitrogens is 2. The minimum atomic E-state index is -0.261. The number of aryl methyl sites for hydroxylation is 1. The van der Waals surface area contributed by atoms with Crippen molar-refractivity contribution < 1.29 is 9.26 Å². The molecule has 0 aliphatic rings. The molecule has 0 aliphatic carbocycles. The summed E-state index contributed by atoms with van der Waals surface area (Å²) in [6, 6.07) is 8.21. The molecule has 5 heteroatoms. The second-order valence-electron chi connectivity index (χ2n) is 5.02. The van der Waals surface area contributed by atoms with Crippen LogP contribution in [0.5, 0.6) is 5.75 Å². The van der Waals surface area contributed by atoms with Crippen LogP contribution in [0, 0.1) is 6.92 Å². The van der Waals surface area contributed by atoms with Crippen LogP contribution in [0.3, 0.4) is 0 Å². The van der Waals surface area contributed by atoms with Gasteiger partial charge in [0.25, 0.3) is 5.89 Å². The van der Waals surface area contributed by atoms with Gasteiger partial charge >= 0.3 is 0 Å². The molecular weight excluding hydrogens is 254 g/mol. The molecule has 108 valence electrons. The summed E-state index contributed by atoms with van der Waals surface area (Å²) in [6.45, 7) is 6.01. The summed E-state index contributed by atoms with van der Waals surface area (Å²) in [5.41, 5.74) is 1.16. The maximum absolute atomic E-state index is 5.81. The highest BCUT2D eigenvalue weighted by atomic mass is 16.5. The first kappa shape index (κ1) is 14.5. The largest absolute Gasteiger partial charge is 0.481 e. The average molecular weight is 275 g/mol. The van der Waals surface area contributed by atoms with Gasteiger partial charge in [0, 0.05) is 12.5 Å². The monoisotopic (exact) mass is 275 g/mol. The molecule has 0 bridgehead atoms. The number of hydrogen-bond acceptors (Lipinski definition) is 5. The fraction of sp³-hybridized carbons (Fsp3) is 0.467. The molecule has 1 N–H and O–H groups in total. The van der Waals surface area contributed by atoms with Gasteiger partial charge in [-0.05, 0) is 45.5 Å². The van der Waals surface area contributed by atoms with Crippen LogP contribution >= 0.6 is 0 Å². The summed E-state index contributed by atoms with van der Waals surface area (Å²) in [6.07, 6.45) is 0.472. The molecule has 5 nitrogen and oxygen atoms in total. The van der Waals surface area contributed by atoms with Gasteiger partial charge in [-0.15, -0.1) is 0 Å². The first-order valence-corrected chi connectivity index (χ1v) is 6.81. The molecule has 0 amide bonds. The number of likely N-dealkylation sites (N-methyl/N-ethyl adjacent to an activating group) is 1. The third-order valence-electron chi connectivity index (χ3n) is 3.12. The van der Waals surface area contributed by atoms with Gasteiger partial charge in [-0.3, -0.25) is 0 Å². The van der Waals surface area contributed by atoms with Gasteiger partial charge in [-0.2, -0.15) is 4.98 Å². The van der Waals surface area contributed by atoms with Crippen molar-refractivity contribution in [3.8, 4) is 5.75 Å². The Balaban J connectivity index is 2.00. The van der Waals surface area contributed by atoms with Crippen LogP contribution in [0.2, 0.25) is 0 Å². The van der Waals surface area contributed by atoms with Crippen LogP contribution in [0.25, 0.3) is 0 Å². The van der Waals surface area contributed by atoms with Crippen molar-refractivity contribution >= 4 is 0 Å². The second kappa shape index (κ2) is 6.52. The molecule has 20 heavy (non-hydrogen) atoms. The molecule has 2 unspecified atom stereocenters. The zero-order valence-electron chi connectivity index (χ0n) is 12.4. The summed E-state index contributed by atoms with van der Waals surface area (Å²) in [4.78, 5) is 4.37. The van der Waals surface area contributed by atoms with Crippen molar-refractivity contribution in [2.75, 3.05) is 7.05 Å². The van der Waals surface area contributed by atoms with E-state index < -0.39 is 0 Å². The molecule has 0 saturated heterocycles. The molecule has 2 atom stereocenters. The number of hydrogen-bond donors (Lipinski definition) is 1. The minimum Gasteiger partial charge on any atom is -0.481 e. The second-order valence-corrected chi connectivity index (χ2v) is 5.02. The van der Waals surface area contributed by atoms with E-state index in [1.54, 1.807) is 0 Å². The Bertz CT molecular complexity index is 554. The van der Waals surface area contributed by atoms with Crippen molar-refractivity contribution in [1.29, 1.82) is 0 Å². The molecule has 0 radical (unpaired) electrons. The van der Waals surface area contributed by atoms with Crippen molar-refractivity contribution in [1.82, 2.24) is 15.5 Å². The van der Waals surface area contributed by atoms with Crippen LogP contribution in [0.15, 0.2) is 28.8 Å². The number of ether oxygens (including phenoxy) is 1. The summed E-state index contributed by atoms with van der Waals surface area (Å²) in [7, 11) is 1.91. The lowest BCUT2D eigenvalue weighted by molar-refractivity contribution is 0.175. The number of nitrogens with zero attached hydrogens (tertiary/aromatic N) is 2. The van der Waals surface area contributed by atoms with E-state index in [1.165, 1.54) is 0 Å². The molecule has 0 fully saturated rings. The zero-order valence-corrected chi connectivity index (χ0v) is 12.4. The number of nitrogens with one attached hydrogen (secondary N) is 1. The van der Waals surface area contributed by atoms with Gasteiger partial charge in [0.2, 0.25) is 0 Å². The molecule has 1 aromatic carbocycles. The third kappa shape index (κ3) is 3.81. The van der Waals surface area contributed by atoms with E-state index in [9.17, 15) is 0 Å². The van der Waals surface area contributed by atoms with Gasteiger partial charge < -0.3 is 14.6 Å². The van der Waals surface area contributed by atoms with Crippen LogP contribution in [0.4, 0.5) is 0 Å². The Morgan fingerprint density at radius 3 is 2.85 bits per heavy atom. The average Bonchev–Trinajstić information content (AvgIpc) is 2.87. The molecule has 0 saturated carbocycles. The zero-order chi connectivity index (χ0) is 14.5. The Morgan fingerprint density at radius 2 is 2.15 bits per heavy atom. The van der Waals surface area contributed by atoms with Crippen molar-refractivity contribution in [2.45, 2.75) is 39.3 Å². The van der Waals surface area contributed by atoms with E-state index in [0.717, 1.165) is 17.7 Å². The maximum atomic E-state index is 5.81. The first-order valence-electron chi connectivity index (χ1n) is 6.81. The Morgan fingerprint density at radius 1 is 1.35 bits per heavy atom. The van der Waals surface area contributed by atoms with Crippen molar-refractivity contribution in [3.63, 3.8) is 0 Å². The van der Waals surface area contributed by atoms with Crippen molar-refractivity contribution in [3.05, 3.63) is 41.5 Å². The van der Waals surface area contributed by atoms with Gasteiger partial charge in [0.1, 0.15) is 5.75 Å². The highest BCUT2D eigenvalue weighted by Crippen LogP contribution is 2.21. The van der Waals surface area contributed by atoms with Crippen molar-refractivity contribution in [2.24, 2.45) is 0 Å². The molecule has 0 spiro atoms. The summed E-state index contributed by atoms with van der Waals surface area (Å²) in [5, 5.41) is 7.12. The molecule has 2 aromatic rings. The smallest absolute Gasteiger partial charge is 0.267 e. The number of rotatable bonds is 6. The highest BCUT2D eigenvalue weighted by Gasteiger charge is 2.16. The predicted molar refractivity (Wildman–Crippen MR) is 76.7 cm³/mol. The molecular formula is C15H21N3O2. The molecule has 1 heterocycles. The summed E-state index contributed by atoms with van der Waals surface area (Å²) >= 11 is 0. The normalized spacial score (nSPS) is 14.0.